The van der Waals surface area contributed by atoms with Crippen LogP contribution in [0.1, 0.15) is 16.8 Å². The summed E-state index contributed by atoms with van der Waals surface area (Å²) >= 11 is 11.8. The molecule has 0 aliphatic rings. The van der Waals surface area contributed by atoms with Gasteiger partial charge in [0.25, 0.3) is 5.91 Å². The standard InChI is InChI=1S/C13H17Cl2NO3/c1-18-8-9-19-7-3-6-16-13(17)10-4-2-5-11(14)12(10)15/h2,4-5H,3,6-9H2,1H3,(H,16,17). The minimum Gasteiger partial charge on any atom is -0.382 e. The molecule has 1 aromatic carbocycles. The van der Waals surface area contributed by atoms with Crippen LogP contribution in [0.15, 0.2) is 18.2 Å². The predicted molar refractivity (Wildman–Crippen MR) is 76.1 cm³/mol. The zero-order valence-electron chi connectivity index (χ0n) is 10.7. The third-order valence-electron chi connectivity index (χ3n) is 2.38. The van der Waals surface area contributed by atoms with Crippen molar-refractivity contribution in [2.75, 3.05) is 33.5 Å². The van der Waals surface area contributed by atoms with Crippen molar-refractivity contribution in [1.82, 2.24) is 5.32 Å². The van der Waals surface area contributed by atoms with Crippen LogP contribution in [0.2, 0.25) is 10.0 Å². The summed E-state index contributed by atoms with van der Waals surface area (Å²) in [4.78, 5) is 11.8. The third-order valence-corrected chi connectivity index (χ3v) is 3.20. The summed E-state index contributed by atoms with van der Waals surface area (Å²) in [5.41, 5.74) is 0.384. The Morgan fingerprint density at radius 2 is 2.05 bits per heavy atom. The minimum absolute atomic E-state index is 0.232. The molecular weight excluding hydrogens is 289 g/mol. The molecule has 1 rings (SSSR count). The Morgan fingerprint density at radius 1 is 1.26 bits per heavy atom. The molecule has 0 aromatic heterocycles. The predicted octanol–water partition coefficient (Wildman–Crippen LogP) is 2.78. The Kier molecular flexibility index (Phi) is 7.82. The van der Waals surface area contributed by atoms with Crippen LogP contribution in [-0.2, 0) is 9.47 Å². The first-order valence-electron chi connectivity index (χ1n) is 5.95. The Bertz CT molecular complexity index is 413. The van der Waals surface area contributed by atoms with Crippen molar-refractivity contribution in [3.63, 3.8) is 0 Å². The van der Waals surface area contributed by atoms with Gasteiger partial charge in [0.05, 0.1) is 28.8 Å². The van der Waals surface area contributed by atoms with Gasteiger partial charge in [0.2, 0.25) is 0 Å². The van der Waals surface area contributed by atoms with Gasteiger partial charge in [-0.25, -0.2) is 0 Å². The van der Waals surface area contributed by atoms with E-state index in [1.807, 2.05) is 0 Å². The zero-order valence-corrected chi connectivity index (χ0v) is 12.3. The summed E-state index contributed by atoms with van der Waals surface area (Å²) in [6.07, 6.45) is 0.730. The van der Waals surface area contributed by atoms with Crippen molar-refractivity contribution in [3.05, 3.63) is 33.8 Å². The molecule has 1 aromatic rings. The molecule has 0 fully saturated rings. The molecule has 0 heterocycles. The summed E-state index contributed by atoms with van der Waals surface area (Å²) in [5, 5.41) is 3.41. The minimum atomic E-state index is -0.232. The quantitative estimate of drug-likeness (QED) is 0.751. The molecule has 1 amide bonds. The Hall–Kier alpha value is -0.810. The van der Waals surface area contributed by atoms with Crippen molar-refractivity contribution < 1.29 is 14.3 Å². The number of halogens is 2. The highest BCUT2D eigenvalue weighted by molar-refractivity contribution is 6.43. The van der Waals surface area contributed by atoms with Crippen LogP contribution in [0.3, 0.4) is 0 Å². The summed E-state index contributed by atoms with van der Waals surface area (Å²) < 4.78 is 10.1. The molecule has 0 spiro atoms. The number of hydrogen-bond acceptors (Lipinski definition) is 3. The maximum Gasteiger partial charge on any atom is 0.252 e. The monoisotopic (exact) mass is 305 g/mol. The van der Waals surface area contributed by atoms with E-state index in [1.165, 1.54) is 0 Å². The number of carbonyl (C=O) groups is 1. The summed E-state index contributed by atoms with van der Waals surface area (Å²) in [5.74, 6) is -0.232. The maximum atomic E-state index is 11.8. The highest BCUT2D eigenvalue weighted by Crippen LogP contribution is 2.25. The van der Waals surface area contributed by atoms with E-state index in [-0.39, 0.29) is 10.9 Å². The fourth-order valence-corrected chi connectivity index (χ4v) is 1.78. The number of hydrogen-bond donors (Lipinski definition) is 1. The van der Waals surface area contributed by atoms with Gasteiger partial charge in [0.1, 0.15) is 0 Å². The van der Waals surface area contributed by atoms with E-state index in [9.17, 15) is 4.79 Å². The first kappa shape index (κ1) is 16.2. The SMILES string of the molecule is COCCOCCCNC(=O)c1cccc(Cl)c1Cl. The lowest BCUT2D eigenvalue weighted by Crippen LogP contribution is -2.25. The normalized spacial score (nSPS) is 10.5. The van der Waals surface area contributed by atoms with Gasteiger partial charge in [-0.1, -0.05) is 29.3 Å². The van der Waals surface area contributed by atoms with Crippen LogP contribution < -0.4 is 5.32 Å². The number of ether oxygens (including phenoxy) is 2. The summed E-state index contributed by atoms with van der Waals surface area (Å²) in [6.45, 7) is 2.23. The molecule has 0 saturated carbocycles. The lowest BCUT2D eigenvalue weighted by molar-refractivity contribution is 0.0688. The lowest BCUT2D eigenvalue weighted by atomic mass is 10.2. The molecule has 6 heteroatoms. The summed E-state index contributed by atoms with van der Waals surface area (Å²) in [6, 6.07) is 4.97. The van der Waals surface area contributed by atoms with E-state index in [4.69, 9.17) is 32.7 Å². The van der Waals surface area contributed by atoms with Crippen LogP contribution in [0.25, 0.3) is 0 Å². The van der Waals surface area contributed by atoms with Gasteiger partial charge in [-0.15, -0.1) is 0 Å². The second-order valence-electron chi connectivity index (χ2n) is 3.82. The van der Waals surface area contributed by atoms with Gasteiger partial charge in [0.15, 0.2) is 0 Å². The van der Waals surface area contributed by atoms with Crippen LogP contribution >= 0.6 is 23.2 Å². The Balaban J connectivity index is 2.26. The number of carbonyl (C=O) groups excluding carboxylic acids is 1. The third kappa shape index (κ3) is 5.78. The molecule has 1 N–H and O–H groups in total. The average molecular weight is 306 g/mol. The largest absolute Gasteiger partial charge is 0.382 e. The second kappa shape index (κ2) is 9.15. The molecule has 0 atom stereocenters. The van der Waals surface area contributed by atoms with Gasteiger partial charge in [-0.2, -0.15) is 0 Å². The van der Waals surface area contributed by atoms with E-state index < -0.39 is 0 Å². The average Bonchev–Trinajstić information content (AvgIpc) is 2.40. The number of rotatable bonds is 8. The maximum absolute atomic E-state index is 11.8. The van der Waals surface area contributed by atoms with Gasteiger partial charge >= 0.3 is 0 Å². The summed E-state index contributed by atoms with van der Waals surface area (Å²) in [7, 11) is 1.62. The van der Waals surface area contributed by atoms with Gasteiger partial charge < -0.3 is 14.8 Å². The van der Waals surface area contributed by atoms with Crippen molar-refractivity contribution >= 4 is 29.1 Å². The highest BCUT2D eigenvalue weighted by Gasteiger charge is 2.11. The van der Waals surface area contributed by atoms with Crippen molar-refractivity contribution in [2.45, 2.75) is 6.42 Å². The van der Waals surface area contributed by atoms with Crippen LogP contribution in [0.4, 0.5) is 0 Å². The van der Waals surface area contributed by atoms with E-state index in [1.54, 1.807) is 25.3 Å². The number of methoxy groups -OCH3 is 1. The first-order valence-corrected chi connectivity index (χ1v) is 6.71. The fraction of sp³-hybridized carbons (Fsp3) is 0.462. The fourth-order valence-electron chi connectivity index (χ4n) is 1.39. The Morgan fingerprint density at radius 3 is 2.79 bits per heavy atom. The number of nitrogens with one attached hydrogen (secondary N) is 1. The Labute approximate surface area is 123 Å². The molecule has 0 unspecified atom stereocenters. The molecule has 0 aliphatic carbocycles. The zero-order chi connectivity index (χ0) is 14.1. The number of amides is 1. The van der Waals surface area contributed by atoms with E-state index in [2.05, 4.69) is 5.32 Å². The van der Waals surface area contributed by atoms with Crippen LogP contribution in [0.5, 0.6) is 0 Å². The van der Waals surface area contributed by atoms with Crippen molar-refractivity contribution in [3.8, 4) is 0 Å². The molecule has 0 saturated heterocycles. The topological polar surface area (TPSA) is 47.6 Å². The molecule has 0 radical (unpaired) electrons. The molecule has 0 aliphatic heterocycles. The smallest absolute Gasteiger partial charge is 0.252 e. The van der Waals surface area contributed by atoms with E-state index >= 15 is 0 Å². The van der Waals surface area contributed by atoms with Crippen molar-refractivity contribution in [2.24, 2.45) is 0 Å². The number of benzene rings is 1. The first-order chi connectivity index (χ1) is 9.16. The van der Waals surface area contributed by atoms with Gasteiger partial charge in [-0.3, -0.25) is 4.79 Å². The van der Waals surface area contributed by atoms with Crippen LogP contribution in [0, 0.1) is 0 Å². The molecular formula is C13H17Cl2NO3. The molecule has 19 heavy (non-hydrogen) atoms. The molecule has 106 valence electrons. The van der Waals surface area contributed by atoms with E-state index in [0.29, 0.717) is 37.0 Å². The highest BCUT2D eigenvalue weighted by atomic mass is 35.5. The van der Waals surface area contributed by atoms with E-state index in [0.717, 1.165) is 6.42 Å². The molecule has 4 nitrogen and oxygen atoms in total. The van der Waals surface area contributed by atoms with Gasteiger partial charge in [-0.05, 0) is 18.6 Å². The van der Waals surface area contributed by atoms with Gasteiger partial charge in [0, 0.05) is 20.3 Å². The van der Waals surface area contributed by atoms with Crippen molar-refractivity contribution in [1.29, 1.82) is 0 Å². The van der Waals surface area contributed by atoms with Crippen LogP contribution in [-0.4, -0.2) is 39.4 Å². The lowest BCUT2D eigenvalue weighted by Gasteiger charge is -2.08. The molecule has 0 bridgehead atoms. The second-order valence-corrected chi connectivity index (χ2v) is 4.60.